The molecule has 2 aromatic carbocycles. The standard InChI is InChI=1S/C20H18N4O/c1-13-8-9-15(12-14(13)2)22-19-18(16-6-3-4-7-17(16)25)23-20-21-10-5-11-24(19)20/h3-12,22,25H,1-2H3. The van der Waals surface area contributed by atoms with E-state index in [0.717, 1.165) is 11.5 Å². The zero-order valence-corrected chi connectivity index (χ0v) is 14.1. The van der Waals surface area contributed by atoms with Gasteiger partial charge in [0.1, 0.15) is 17.3 Å². The van der Waals surface area contributed by atoms with Gasteiger partial charge in [-0.15, -0.1) is 0 Å². The molecule has 25 heavy (non-hydrogen) atoms. The summed E-state index contributed by atoms with van der Waals surface area (Å²) in [5.74, 6) is 1.54. The highest BCUT2D eigenvalue weighted by atomic mass is 16.3. The van der Waals surface area contributed by atoms with E-state index in [2.05, 4.69) is 41.3 Å². The first-order valence-corrected chi connectivity index (χ1v) is 8.09. The summed E-state index contributed by atoms with van der Waals surface area (Å²) < 4.78 is 1.89. The minimum atomic E-state index is 0.189. The van der Waals surface area contributed by atoms with E-state index in [0.29, 0.717) is 17.0 Å². The molecule has 2 N–H and O–H groups in total. The monoisotopic (exact) mass is 330 g/mol. The van der Waals surface area contributed by atoms with Gasteiger partial charge >= 0.3 is 0 Å². The molecule has 0 aliphatic rings. The smallest absolute Gasteiger partial charge is 0.235 e. The van der Waals surface area contributed by atoms with Crippen LogP contribution in [0.25, 0.3) is 17.0 Å². The quantitative estimate of drug-likeness (QED) is 0.582. The average Bonchev–Trinajstić information content (AvgIpc) is 2.97. The van der Waals surface area contributed by atoms with Crippen LogP contribution in [0.1, 0.15) is 11.1 Å². The van der Waals surface area contributed by atoms with Crippen molar-refractivity contribution in [2.24, 2.45) is 0 Å². The van der Waals surface area contributed by atoms with E-state index in [1.807, 2.05) is 34.9 Å². The molecule has 5 nitrogen and oxygen atoms in total. The topological polar surface area (TPSA) is 62.5 Å². The van der Waals surface area contributed by atoms with Gasteiger partial charge in [0.15, 0.2) is 0 Å². The molecule has 5 heteroatoms. The maximum absolute atomic E-state index is 10.3. The van der Waals surface area contributed by atoms with Crippen molar-refractivity contribution in [2.45, 2.75) is 13.8 Å². The molecule has 0 saturated carbocycles. The lowest BCUT2D eigenvalue weighted by Gasteiger charge is -2.11. The fourth-order valence-corrected chi connectivity index (χ4v) is 2.82. The summed E-state index contributed by atoms with van der Waals surface area (Å²) in [6, 6.07) is 15.3. The van der Waals surface area contributed by atoms with Crippen LogP contribution in [0.2, 0.25) is 0 Å². The minimum Gasteiger partial charge on any atom is -0.507 e. The molecule has 0 radical (unpaired) electrons. The van der Waals surface area contributed by atoms with Crippen LogP contribution in [-0.2, 0) is 0 Å². The van der Waals surface area contributed by atoms with E-state index in [9.17, 15) is 5.11 Å². The minimum absolute atomic E-state index is 0.189. The van der Waals surface area contributed by atoms with Crippen LogP contribution in [0.5, 0.6) is 5.75 Å². The van der Waals surface area contributed by atoms with Crippen molar-refractivity contribution >= 4 is 17.3 Å². The summed E-state index contributed by atoms with van der Waals surface area (Å²) >= 11 is 0. The Bertz CT molecular complexity index is 1070. The number of para-hydroxylation sites is 1. The average molecular weight is 330 g/mol. The molecule has 0 unspecified atom stereocenters. The van der Waals surface area contributed by atoms with Crippen molar-refractivity contribution in [1.29, 1.82) is 0 Å². The maximum Gasteiger partial charge on any atom is 0.235 e. The number of hydrogen-bond donors (Lipinski definition) is 2. The largest absolute Gasteiger partial charge is 0.507 e. The number of benzene rings is 2. The molecule has 0 saturated heterocycles. The van der Waals surface area contributed by atoms with Gasteiger partial charge < -0.3 is 10.4 Å². The Hall–Kier alpha value is -3.34. The third-order valence-corrected chi connectivity index (χ3v) is 4.33. The van der Waals surface area contributed by atoms with Crippen molar-refractivity contribution in [3.8, 4) is 17.0 Å². The third-order valence-electron chi connectivity index (χ3n) is 4.33. The molecule has 4 aromatic rings. The Balaban J connectivity index is 1.90. The second kappa shape index (κ2) is 5.94. The molecule has 0 amide bonds. The van der Waals surface area contributed by atoms with Crippen molar-refractivity contribution < 1.29 is 5.11 Å². The number of nitrogens with zero attached hydrogens (tertiary/aromatic N) is 3. The molecule has 0 atom stereocenters. The lowest BCUT2D eigenvalue weighted by molar-refractivity contribution is 0.477. The van der Waals surface area contributed by atoms with Crippen LogP contribution in [0.15, 0.2) is 60.9 Å². The van der Waals surface area contributed by atoms with Gasteiger partial charge in [-0.3, -0.25) is 4.40 Å². The summed E-state index contributed by atoms with van der Waals surface area (Å²) in [5.41, 5.74) is 4.74. The van der Waals surface area contributed by atoms with Crippen LogP contribution >= 0.6 is 0 Å². The first-order chi connectivity index (χ1) is 12.1. The van der Waals surface area contributed by atoms with Gasteiger partial charge in [0.2, 0.25) is 5.78 Å². The second-order valence-corrected chi connectivity index (χ2v) is 6.04. The Morgan fingerprint density at radius 1 is 1.00 bits per heavy atom. The van der Waals surface area contributed by atoms with Crippen LogP contribution in [-0.4, -0.2) is 19.5 Å². The van der Waals surface area contributed by atoms with E-state index in [4.69, 9.17) is 0 Å². The van der Waals surface area contributed by atoms with E-state index in [1.165, 1.54) is 11.1 Å². The van der Waals surface area contributed by atoms with Crippen LogP contribution in [0.4, 0.5) is 11.5 Å². The van der Waals surface area contributed by atoms with Crippen LogP contribution < -0.4 is 5.32 Å². The van der Waals surface area contributed by atoms with Crippen molar-refractivity contribution in [3.63, 3.8) is 0 Å². The first-order valence-electron chi connectivity index (χ1n) is 8.09. The zero-order valence-electron chi connectivity index (χ0n) is 14.1. The second-order valence-electron chi connectivity index (χ2n) is 6.04. The first kappa shape index (κ1) is 15.2. The van der Waals surface area contributed by atoms with Gasteiger partial charge in [-0.05, 0) is 55.3 Å². The number of nitrogens with one attached hydrogen (secondary N) is 1. The van der Waals surface area contributed by atoms with Gasteiger partial charge in [0, 0.05) is 23.6 Å². The molecule has 0 bridgehead atoms. The third kappa shape index (κ3) is 2.70. The van der Waals surface area contributed by atoms with E-state index in [1.54, 1.807) is 18.3 Å². The Kier molecular flexibility index (Phi) is 3.61. The molecule has 0 spiro atoms. The number of fused-ring (bicyclic) bond motifs is 1. The van der Waals surface area contributed by atoms with Gasteiger partial charge in [-0.1, -0.05) is 18.2 Å². The molecular formula is C20H18N4O. The number of anilines is 2. The molecule has 2 heterocycles. The van der Waals surface area contributed by atoms with Gasteiger partial charge in [0.25, 0.3) is 0 Å². The number of rotatable bonds is 3. The molecule has 0 aliphatic carbocycles. The van der Waals surface area contributed by atoms with Gasteiger partial charge in [-0.25, -0.2) is 9.97 Å². The number of hydrogen-bond acceptors (Lipinski definition) is 4. The fraction of sp³-hybridized carbons (Fsp3) is 0.100. The molecule has 4 rings (SSSR count). The summed E-state index contributed by atoms with van der Waals surface area (Å²) in [4.78, 5) is 8.93. The van der Waals surface area contributed by atoms with Crippen LogP contribution in [0.3, 0.4) is 0 Å². The number of phenols is 1. The van der Waals surface area contributed by atoms with Gasteiger partial charge in [0.05, 0.1) is 0 Å². The lowest BCUT2D eigenvalue weighted by atomic mass is 10.1. The summed E-state index contributed by atoms with van der Waals surface area (Å²) in [6.45, 7) is 4.17. The van der Waals surface area contributed by atoms with Crippen molar-refractivity contribution in [1.82, 2.24) is 14.4 Å². The van der Waals surface area contributed by atoms with Crippen molar-refractivity contribution in [3.05, 3.63) is 72.1 Å². The fourth-order valence-electron chi connectivity index (χ4n) is 2.82. The lowest BCUT2D eigenvalue weighted by Crippen LogP contribution is -1.98. The Labute approximate surface area is 145 Å². The van der Waals surface area contributed by atoms with E-state index >= 15 is 0 Å². The highest BCUT2D eigenvalue weighted by Crippen LogP contribution is 2.35. The molecule has 2 aromatic heterocycles. The molecular weight excluding hydrogens is 312 g/mol. The predicted molar refractivity (Wildman–Crippen MR) is 99.3 cm³/mol. The number of aryl methyl sites for hydroxylation is 2. The number of aromatic nitrogens is 3. The summed E-state index contributed by atoms with van der Waals surface area (Å²) in [5, 5.41) is 13.7. The predicted octanol–water partition coefficient (Wildman–Crippen LogP) is 4.46. The highest BCUT2D eigenvalue weighted by Gasteiger charge is 2.17. The summed E-state index contributed by atoms with van der Waals surface area (Å²) in [7, 11) is 0. The number of aromatic hydroxyl groups is 1. The Morgan fingerprint density at radius 2 is 1.84 bits per heavy atom. The molecule has 0 fully saturated rings. The van der Waals surface area contributed by atoms with E-state index in [-0.39, 0.29) is 5.75 Å². The SMILES string of the molecule is Cc1ccc(Nc2c(-c3ccccc3O)nc3ncccn23)cc1C. The molecule has 124 valence electrons. The zero-order chi connectivity index (χ0) is 17.4. The number of imidazole rings is 1. The normalized spacial score (nSPS) is 11.0. The molecule has 0 aliphatic heterocycles. The summed E-state index contributed by atoms with van der Waals surface area (Å²) in [6.07, 6.45) is 3.61. The van der Waals surface area contributed by atoms with E-state index < -0.39 is 0 Å². The maximum atomic E-state index is 10.3. The van der Waals surface area contributed by atoms with Crippen molar-refractivity contribution in [2.75, 3.05) is 5.32 Å². The Morgan fingerprint density at radius 3 is 2.64 bits per heavy atom. The van der Waals surface area contributed by atoms with Gasteiger partial charge in [-0.2, -0.15) is 0 Å². The number of phenolic OH excluding ortho intramolecular Hbond substituents is 1. The highest BCUT2D eigenvalue weighted by molar-refractivity contribution is 5.82. The van der Waals surface area contributed by atoms with Crippen LogP contribution in [0, 0.1) is 13.8 Å².